The summed E-state index contributed by atoms with van der Waals surface area (Å²) in [6.45, 7) is 4.53. The van der Waals surface area contributed by atoms with Gasteiger partial charge in [0.05, 0.1) is 0 Å². The molecule has 3 aromatic rings. The SMILES string of the molecule is Cc1cccc(N2CCC(NC(=O)c3oc4ccccc4c3CN(C)C)C2)c1. The Balaban J connectivity index is 1.51. The summed E-state index contributed by atoms with van der Waals surface area (Å²) in [6.07, 6.45) is 0.933. The van der Waals surface area contributed by atoms with Crippen LogP contribution in [0.5, 0.6) is 0 Å². The van der Waals surface area contributed by atoms with Gasteiger partial charge in [-0.15, -0.1) is 0 Å². The first kappa shape index (κ1) is 18.6. The minimum atomic E-state index is -0.121. The van der Waals surface area contributed by atoms with Gasteiger partial charge < -0.3 is 19.5 Å². The fourth-order valence-corrected chi connectivity index (χ4v) is 3.94. The molecule has 1 atom stereocenters. The number of hydrogen-bond acceptors (Lipinski definition) is 4. The van der Waals surface area contributed by atoms with Crippen LogP contribution < -0.4 is 10.2 Å². The number of amides is 1. The fourth-order valence-electron chi connectivity index (χ4n) is 3.94. The summed E-state index contributed by atoms with van der Waals surface area (Å²) in [5, 5.41) is 4.20. The fraction of sp³-hybridized carbons (Fsp3) is 0.348. The average molecular weight is 377 g/mol. The maximum absolute atomic E-state index is 13.0. The van der Waals surface area contributed by atoms with Crippen molar-refractivity contribution in [1.82, 2.24) is 10.2 Å². The second-order valence-corrected chi connectivity index (χ2v) is 7.89. The van der Waals surface area contributed by atoms with Crippen molar-refractivity contribution in [3.05, 3.63) is 65.4 Å². The Labute approximate surface area is 165 Å². The smallest absolute Gasteiger partial charge is 0.287 e. The third kappa shape index (κ3) is 3.76. The van der Waals surface area contributed by atoms with E-state index in [0.717, 1.165) is 36.0 Å². The third-order valence-corrected chi connectivity index (χ3v) is 5.27. The standard InChI is InChI=1S/C23H27N3O2/c1-16-7-6-8-18(13-16)26-12-11-17(14-26)24-23(27)22-20(15-25(2)3)19-9-4-5-10-21(19)28-22/h4-10,13,17H,11-12,14-15H2,1-3H3,(H,24,27). The van der Waals surface area contributed by atoms with E-state index in [0.29, 0.717) is 12.3 Å². The Morgan fingerprint density at radius 1 is 1.21 bits per heavy atom. The van der Waals surface area contributed by atoms with Gasteiger partial charge in [0.1, 0.15) is 5.58 Å². The molecule has 28 heavy (non-hydrogen) atoms. The van der Waals surface area contributed by atoms with Crippen LogP contribution in [0.2, 0.25) is 0 Å². The number of carbonyl (C=O) groups excluding carboxylic acids is 1. The lowest BCUT2D eigenvalue weighted by Crippen LogP contribution is -2.37. The zero-order valence-electron chi connectivity index (χ0n) is 16.7. The van der Waals surface area contributed by atoms with E-state index in [1.807, 2.05) is 38.4 Å². The van der Waals surface area contributed by atoms with E-state index >= 15 is 0 Å². The molecule has 0 aliphatic carbocycles. The Kier molecular flexibility index (Phi) is 5.09. The molecule has 0 radical (unpaired) electrons. The lowest BCUT2D eigenvalue weighted by atomic mass is 10.1. The van der Waals surface area contributed by atoms with Gasteiger partial charge in [-0.1, -0.05) is 30.3 Å². The molecule has 1 fully saturated rings. The highest BCUT2D eigenvalue weighted by Crippen LogP contribution is 2.27. The molecule has 5 heteroatoms. The summed E-state index contributed by atoms with van der Waals surface area (Å²) in [6, 6.07) is 16.5. The second-order valence-electron chi connectivity index (χ2n) is 7.89. The minimum absolute atomic E-state index is 0.119. The molecule has 1 N–H and O–H groups in total. The van der Waals surface area contributed by atoms with Gasteiger partial charge in [0.25, 0.3) is 5.91 Å². The van der Waals surface area contributed by atoms with Crippen LogP contribution in [-0.4, -0.2) is 44.0 Å². The summed E-state index contributed by atoms with van der Waals surface area (Å²) in [5.41, 5.74) is 4.18. The van der Waals surface area contributed by atoms with E-state index in [1.54, 1.807) is 0 Å². The predicted octanol–water partition coefficient (Wildman–Crippen LogP) is 3.81. The van der Waals surface area contributed by atoms with E-state index in [9.17, 15) is 4.79 Å². The number of furan rings is 1. The summed E-state index contributed by atoms with van der Waals surface area (Å²) < 4.78 is 5.95. The molecule has 0 saturated carbocycles. The number of fused-ring (bicyclic) bond motifs is 1. The molecule has 5 nitrogen and oxygen atoms in total. The second kappa shape index (κ2) is 7.68. The molecule has 0 spiro atoms. The topological polar surface area (TPSA) is 48.7 Å². The number of anilines is 1. The van der Waals surface area contributed by atoms with Crippen molar-refractivity contribution >= 4 is 22.6 Å². The molecule has 1 aliphatic heterocycles. The van der Waals surface area contributed by atoms with Gasteiger partial charge in [-0.3, -0.25) is 4.79 Å². The highest BCUT2D eigenvalue weighted by atomic mass is 16.3. The Hall–Kier alpha value is -2.79. The number of hydrogen-bond donors (Lipinski definition) is 1. The number of benzene rings is 2. The van der Waals surface area contributed by atoms with Crippen LogP contribution >= 0.6 is 0 Å². The van der Waals surface area contributed by atoms with Crippen LogP contribution in [0, 0.1) is 6.92 Å². The van der Waals surface area contributed by atoms with Crippen molar-refractivity contribution in [3.63, 3.8) is 0 Å². The van der Waals surface area contributed by atoms with E-state index in [4.69, 9.17) is 4.42 Å². The van der Waals surface area contributed by atoms with Crippen LogP contribution in [0.3, 0.4) is 0 Å². The van der Waals surface area contributed by atoms with Gasteiger partial charge in [-0.05, 0) is 51.2 Å². The molecule has 0 bridgehead atoms. The largest absolute Gasteiger partial charge is 0.451 e. The molecule has 4 rings (SSSR count). The van der Waals surface area contributed by atoms with Crippen molar-refractivity contribution < 1.29 is 9.21 Å². The predicted molar refractivity (Wildman–Crippen MR) is 113 cm³/mol. The first-order valence-electron chi connectivity index (χ1n) is 9.79. The molecule has 2 heterocycles. The highest BCUT2D eigenvalue weighted by Gasteiger charge is 2.27. The maximum atomic E-state index is 13.0. The number of aryl methyl sites for hydroxylation is 1. The highest BCUT2D eigenvalue weighted by molar-refractivity contribution is 5.99. The molecule has 2 aromatic carbocycles. The molecule has 1 aliphatic rings. The van der Waals surface area contributed by atoms with Crippen LogP contribution in [-0.2, 0) is 6.54 Å². The molecule has 1 aromatic heterocycles. The maximum Gasteiger partial charge on any atom is 0.287 e. The van der Waals surface area contributed by atoms with Gasteiger partial charge in [-0.25, -0.2) is 0 Å². The van der Waals surface area contributed by atoms with Gasteiger partial charge in [-0.2, -0.15) is 0 Å². The summed E-state index contributed by atoms with van der Waals surface area (Å²) in [4.78, 5) is 17.4. The number of rotatable bonds is 5. The van der Waals surface area contributed by atoms with E-state index < -0.39 is 0 Å². The van der Waals surface area contributed by atoms with Gasteiger partial charge in [0.2, 0.25) is 0 Å². The van der Waals surface area contributed by atoms with Crippen molar-refractivity contribution in [3.8, 4) is 0 Å². The Morgan fingerprint density at radius 3 is 2.82 bits per heavy atom. The molecule has 1 amide bonds. The van der Waals surface area contributed by atoms with Gasteiger partial charge in [0, 0.05) is 42.3 Å². The first-order chi connectivity index (χ1) is 13.5. The lowest BCUT2D eigenvalue weighted by Gasteiger charge is -2.19. The van der Waals surface area contributed by atoms with E-state index in [2.05, 4.69) is 46.3 Å². The van der Waals surface area contributed by atoms with Crippen molar-refractivity contribution in [2.24, 2.45) is 0 Å². The summed E-state index contributed by atoms with van der Waals surface area (Å²) in [5.74, 6) is 0.313. The summed E-state index contributed by atoms with van der Waals surface area (Å²) in [7, 11) is 4.00. The monoisotopic (exact) mass is 377 g/mol. The minimum Gasteiger partial charge on any atom is -0.451 e. The zero-order valence-corrected chi connectivity index (χ0v) is 16.7. The van der Waals surface area contributed by atoms with E-state index in [-0.39, 0.29) is 11.9 Å². The van der Waals surface area contributed by atoms with Crippen LogP contribution in [0.15, 0.2) is 52.9 Å². The Morgan fingerprint density at radius 2 is 2.04 bits per heavy atom. The zero-order chi connectivity index (χ0) is 19.7. The number of para-hydroxylation sites is 1. The van der Waals surface area contributed by atoms with E-state index in [1.165, 1.54) is 11.3 Å². The average Bonchev–Trinajstić information content (AvgIpc) is 3.27. The first-order valence-corrected chi connectivity index (χ1v) is 9.79. The summed E-state index contributed by atoms with van der Waals surface area (Å²) >= 11 is 0. The van der Waals surface area contributed by atoms with Crippen LogP contribution in [0.1, 0.15) is 28.1 Å². The molecule has 146 valence electrons. The Bertz CT molecular complexity index is 992. The van der Waals surface area contributed by atoms with Gasteiger partial charge in [0.15, 0.2) is 5.76 Å². The third-order valence-electron chi connectivity index (χ3n) is 5.27. The number of nitrogens with one attached hydrogen (secondary N) is 1. The molecular weight excluding hydrogens is 350 g/mol. The quantitative estimate of drug-likeness (QED) is 0.735. The molecular formula is C23H27N3O2. The van der Waals surface area contributed by atoms with Crippen LogP contribution in [0.25, 0.3) is 11.0 Å². The van der Waals surface area contributed by atoms with Crippen molar-refractivity contribution in [1.29, 1.82) is 0 Å². The van der Waals surface area contributed by atoms with Crippen molar-refractivity contribution in [2.75, 3.05) is 32.1 Å². The number of nitrogens with zero attached hydrogens (tertiary/aromatic N) is 2. The molecule has 1 saturated heterocycles. The van der Waals surface area contributed by atoms with Gasteiger partial charge >= 0.3 is 0 Å². The molecule has 1 unspecified atom stereocenters. The normalized spacial score (nSPS) is 16.9. The lowest BCUT2D eigenvalue weighted by molar-refractivity contribution is 0.0912. The number of carbonyl (C=O) groups is 1. The van der Waals surface area contributed by atoms with Crippen LogP contribution in [0.4, 0.5) is 5.69 Å². The van der Waals surface area contributed by atoms with Crippen molar-refractivity contribution in [2.45, 2.75) is 25.9 Å².